The van der Waals surface area contributed by atoms with Gasteiger partial charge < -0.3 is 10.4 Å². The van der Waals surface area contributed by atoms with Crippen LogP contribution in [0.5, 0.6) is 0 Å². The molecule has 0 spiro atoms. The van der Waals surface area contributed by atoms with E-state index in [0.29, 0.717) is 0 Å². The third kappa shape index (κ3) is 4.06. The predicted molar refractivity (Wildman–Crippen MR) is 51.3 cm³/mol. The highest BCUT2D eigenvalue weighted by Gasteiger charge is 2.20. The van der Waals surface area contributed by atoms with Crippen molar-refractivity contribution in [2.75, 3.05) is 31.2 Å². The van der Waals surface area contributed by atoms with E-state index in [1.807, 2.05) is 0 Å². The van der Waals surface area contributed by atoms with E-state index in [2.05, 4.69) is 5.32 Å². The zero-order chi connectivity index (χ0) is 9.73. The van der Waals surface area contributed by atoms with Crippen molar-refractivity contribution in [2.45, 2.75) is 12.8 Å². The van der Waals surface area contributed by atoms with Gasteiger partial charge in [-0.3, -0.25) is 0 Å². The fraction of sp³-hybridized carbons (Fsp3) is 1.00. The Morgan fingerprint density at radius 1 is 1.31 bits per heavy atom. The number of aliphatic hydroxyl groups is 1. The van der Waals surface area contributed by atoms with Crippen LogP contribution in [0, 0.1) is 5.92 Å². The van der Waals surface area contributed by atoms with Crippen LogP contribution in [0.1, 0.15) is 12.8 Å². The molecule has 1 heterocycles. The lowest BCUT2D eigenvalue weighted by molar-refractivity contribution is 0.318. The largest absolute Gasteiger partial charge is 0.395 e. The minimum atomic E-state index is -3.01. The van der Waals surface area contributed by atoms with Gasteiger partial charge in [-0.15, -0.1) is 0 Å². The quantitative estimate of drug-likeness (QED) is 0.645. The fourth-order valence-electron chi connectivity index (χ4n) is 1.63. The summed E-state index contributed by atoms with van der Waals surface area (Å²) in [7, 11) is -3.01. The van der Waals surface area contributed by atoms with Gasteiger partial charge in [0.2, 0.25) is 0 Å². The van der Waals surface area contributed by atoms with Gasteiger partial charge in [0.05, 0.1) is 18.1 Å². The molecule has 1 aliphatic heterocycles. The van der Waals surface area contributed by atoms with Gasteiger partial charge in [0.15, 0.2) is 9.84 Å². The van der Waals surface area contributed by atoms with Gasteiger partial charge >= 0.3 is 0 Å². The Bertz CT molecular complexity index is 232. The summed E-state index contributed by atoms with van der Waals surface area (Å²) >= 11 is 0. The third-order valence-electron chi connectivity index (χ3n) is 2.35. The molecule has 78 valence electrons. The zero-order valence-corrected chi connectivity index (χ0v) is 8.52. The molecule has 0 aliphatic carbocycles. The van der Waals surface area contributed by atoms with Gasteiger partial charge in [-0.1, -0.05) is 0 Å². The van der Waals surface area contributed by atoms with Crippen molar-refractivity contribution in [3.63, 3.8) is 0 Å². The molecule has 0 amide bonds. The molecule has 0 saturated carbocycles. The molecule has 0 aromatic carbocycles. The van der Waals surface area contributed by atoms with Crippen molar-refractivity contribution in [3.8, 4) is 0 Å². The molecule has 2 N–H and O–H groups in total. The van der Waals surface area contributed by atoms with Gasteiger partial charge in [0.25, 0.3) is 0 Å². The normalized spacial score (nSPS) is 20.4. The average molecular weight is 207 g/mol. The number of nitrogens with one attached hydrogen (secondary N) is 1. The molecule has 0 aromatic heterocycles. The Morgan fingerprint density at radius 3 is 2.46 bits per heavy atom. The maximum atomic E-state index is 11.3. The maximum Gasteiger partial charge on any atom is 0.152 e. The highest BCUT2D eigenvalue weighted by molar-refractivity contribution is 7.91. The van der Waals surface area contributed by atoms with Gasteiger partial charge in [0, 0.05) is 0 Å². The molecule has 0 bridgehead atoms. The van der Waals surface area contributed by atoms with E-state index in [4.69, 9.17) is 5.11 Å². The maximum absolute atomic E-state index is 11.3. The summed E-state index contributed by atoms with van der Waals surface area (Å²) in [5, 5.41) is 11.7. The summed E-state index contributed by atoms with van der Waals surface area (Å²) in [4.78, 5) is 0. The van der Waals surface area contributed by atoms with Crippen molar-refractivity contribution < 1.29 is 13.5 Å². The van der Waals surface area contributed by atoms with Crippen molar-refractivity contribution in [1.82, 2.24) is 5.32 Å². The minimum Gasteiger partial charge on any atom is -0.395 e. The van der Waals surface area contributed by atoms with Crippen LogP contribution in [-0.2, 0) is 9.84 Å². The standard InChI is InChI=1S/C8H17NO3S/c10-5-6-13(11,12)7-8-1-3-9-4-2-8/h8-10H,1-7H2. The summed E-state index contributed by atoms with van der Waals surface area (Å²) in [5.41, 5.74) is 0. The van der Waals surface area contributed by atoms with Crippen LogP contribution in [-0.4, -0.2) is 44.7 Å². The minimum absolute atomic E-state index is 0.0864. The van der Waals surface area contributed by atoms with Crippen LogP contribution in [0.3, 0.4) is 0 Å². The second-order valence-electron chi connectivity index (χ2n) is 3.53. The molecule has 1 rings (SSSR count). The van der Waals surface area contributed by atoms with Crippen molar-refractivity contribution in [3.05, 3.63) is 0 Å². The smallest absolute Gasteiger partial charge is 0.152 e. The van der Waals surface area contributed by atoms with E-state index in [1.165, 1.54) is 0 Å². The Morgan fingerprint density at radius 2 is 1.92 bits per heavy atom. The molecule has 13 heavy (non-hydrogen) atoms. The molecule has 1 aliphatic rings. The van der Waals surface area contributed by atoms with E-state index >= 15 is 0 Å². The van der Waals surface area contributed by atoms with Crippen molar-refractivity contribution in [2.24, 2.45) is 5.92 Å². The first-order valence-corrected chi connectivity index (χ1v) is 6.48. The molecule has 0 radical (unpaired) electrons. The first-order chi connectivity index (χ1) is 6.14. The first-order valence-electron chi connectivity index (χ1n) is 4.66. The van der Waals surface area contributed by atoms with Crippen molar-refractivity contribution >= 4 is 9.84 Å². The lowest BCUT2D eigenvalue weighted by Gasteiger charge is -2.21. The SMILES string of the molecule is O=S(=O)(CCO)CC1CCNCC1. The number of rotatable bonds is 4. The number of aliphatic hydroxyl groups excluding tert-OH is 1. The molecule has 1 saturated heterocycles. The van der Waals surface area contributed by atoms with Crippen LogP contribution in [0.25, 0.3) is 0 Å². The number of hydrogen-bond acceptors (Lipinski definition) is 4. The van der Waals surface area contributed by atoms with Gasteiger partial charge in [-0.05, 0) is 31.8 Å². The van der Waals surface area contributed by atoms with Crippen LogP contribution in [0.2, 0.25) is 0 Å². The topological polar surface area (TPSA) is 66.4 Å². The predicted octanol–water partition coefficient (Wildman–Crippen LogP) is -0.607. The Labute approximate surface area is 79.3 Å². The molecule has 0 unspecified atom stereocenters. The lowest BCUT2D eigenvalue weighted by atomic mass is 10.0. The molecular weight excluding hydrogens is 190 g/mol. The summed E-state index contributed by atoms with van der Waals surface area (Å²) in [6, 6.07) is 0. The van der Waals surface area contributed by atoms with E-state index < -0.39 is 9.84 Å². The average Bonchev–Trinajstić information content (AvgIpc) is 2.04. The molecule has 0 atom stereocenters. The fourth-order valence-corrected chi connectivity index (χ4v) is 3.13. The molecule has 4 nitrogen and oxygen atoms in total. The number of hydrogen-bond donors (Lipinski definition) is 2. The second-order valence-corrected chi connectivity index (χ2v) is 5.76. The van der Waals surface area contributed by atoms with E-state index in [9.17, 15) is 8.42 Å². The van der Waals surface area contributed by atoms with E-state index in [-0.39, 0.29) is 24.0 Å². The monoisotopic (exact) mass is 207 g/mol. The first kappa shape index (κ1) is 10.9. The molecule has 0 aromatic rings. The highest BCUT2D eigenvalue weighted by atomic mass is 32.2. The van der Waals surface area contributed by atoms with Gasteiger partial charge in [-0.2, -0.15) is 0 Å². The summed E-state index contributed by atoms with van der Waals surface area (Å²) in [5.74, 6) is 0.449. The number of piperidine rings is 1. The third-order valence-corrected chi connectivity index (χ3v) is 4.13. The van der Waals surface area contributed by atoms with Crippen LogP contribution in [0.4, 0.5) is 0 Å². The van der Waals surface area contributed by atoms with Crippen LogP contribution < -0.4 is 5.32 Å². The van der Waals surface area contributed by atoms with Crippen LogP contribution in [0.15, 0.2) is 0 Å². The number of sulfone groups is 1. The Kier molecular flexibility index (Phi) is 4.15. The van der Waals surface area contributed by atoms with Crippen LogP contribution >= 0.6 is 0 Å². The Hall–Kier alpha value is -0.130. The van der Waals surface area contributed by atoms with E-state index in [0.717, 1.165) is 25.9 Å². The molecular formula is C8H17NO3S. The molecule has 5 heteroatoms. The van der Waals surface area contributed by atoms with E-state index in [1.54, 1.807) is 0 Å². The second kappa shape index (κ2) is 4.93. The summed E-state index contributed by atoms with van der Waals surface area (Å²) in [6.45, 7) is 1.58. The zero-order valence-electron chi connectivity index (χ0n) is 7.70. The Balaban J connectivity index is 2.37. The van der Waals surface area contributed by atoms with Crippen molar-refractivity contribution in [1.29, 1.82) is 0 Å². The van der Waals surface area contributed by atoms with Gasteiger partial charge in [-0.25, -0.2) is 8.42 Å². The molecule has 1 fully saturated rings. The summed E-state index contributed by atoms with van der Waals surface area (Å²) < 4.78 is 22.6. The van der Waals surface area contributed by atoms with Gasteiger partial charge in [0.1, 0.15) is 0 Å². The summed E-state index contributed by atoms with van der Waals surface area (Å²) in [6.07, 6.45) is 1.87. The lowest BCUT2D eigenvalue weighted by Crippen LogP contribution is -2.32. The highest BCUT2D eigenvalue weighted by Crippen LogP contribution is 2.14.